The number of esters is 1. The number of carboxylic acids is 1. The lowest BCUT2D eigenvalue weighted by Gasteiger charge is -2.16. The van der Waals surface area contributed by atoms with Gasteiger partial charge in [0, 0.05) is 26.9 Å². The molecule has 8 heteroatoms. The Kier molecular flexibility index (Phi) is 13.3. The highest BCUT2D eigenvalue weighted by molar-refractivity contribution is 5.83. The molecule has 0 unspecified atom stereocenters. The second kappa shape index (κ2) is 13.2. The third-order valence-electron chi connectivity index (χ3n) is 3.80. The Morgan fingerprint density at radius 2 is 1.20 bits per heavy atom. The Labute approximate surface area is 149 Å². The molecule has 0 aliphatic carbocycles. The van der Waals surface area contributed by atoms with E-state index in [0.717, 1.165) is 0 Å². The Morgan fingerprint density at radius 1 is 0.840 bits per heavy atom. The molecule has 25 heavy (non-hydrogen) atoms. The van der Waals surface area contributed by atoms with Crippen molar-refractivity contribution in [1.29, 1.82) is 0 Å². The SMILES string of the molecule is CNC(=O)C[C@H](C(=O)O)C(C)C.CNC(=O)C[C@H](C(=O)OC)C(C)C. The highest BCUT2D eigenvalue weighted by atomic mass is 16.5. The highest BCUT2D eigenvalue weighted by Crippen LogP contribution is 2.16. The van der Waals surface area contributed by atoms with Crippen LogP contribution in [0.25, 0.3) is 0 Å². The van der Waals surface area contributed by atoms with Gasteiger partial charge in [0.25, 0.3) is 0 Å². The van der Waals surface area contributed by atoms with Crippen LogP contribution in [0.3, 0.4) is 0 Å². The molecule has 0 bridgehead atoms. The molecule has 8 nitrogen and oxygen atoms in total. The van der Waals surface area contributed by atoms with Gasteiger partial charge in [0.05, 0.1) is 18.9 Å². The van der Waals surface area contributed by atoms with E-state index in [0.29, 0.717) is 0 Å². The van der Waals surface area contributed by atoms with Crippen LogP contribution in [0.5, 0.6) is 0 Å². The first-order valence-corrected chi connectivity index (χ1v) is 8.23. The third-order valence-corrected chi connectivity index (χ3v) is 3.80. The summed E-state index contributed by atoms with van der Waals surface area (Å²) in [6.07, 6.45) is 0.254. The predicted molar refractivity (Wildman–Crippen MR) is 93.7 cm³/mol. The van der Waals surface area contributed by atoms with Gasteiger partial charge in [-0.15, -0.1) is 0 Å². The fourth-order valence-electron chi connectivity index (χ4n) is 1.95. The molecule has 0 saturated heterocycles. The molecule has 0 rings (SSSR count). The zero-order valence-electron chi connectivity index (χ0n) is 16.2. The Morgan fingerprint density at radius 3 is 1.44 bits per heavy atom. The molecule has 0 aromatic rings. The van der Waals surface area contributed by atoms with Gasteiger partial charge in [-0.2, -0.15) is 0 Å². The van der Waals surface area contributed by atoms with Gasteiger partial charge in [0.1, 0.15) is 0 Å². The first-order valence-electron chi connectivity index (χ1n) is 8.23. The lowest BCUT2D eigenvalue weighted by atomic mass is 9.92. The molecule has 0 aromatic heterocycles. The van der Waals surface area contributed by atoms with E-state index < -0.39 is 11.9 Å². The summed E-state index contributed by atoms with van der Waals surface area (Å²) in [5.74, 6) is -2.41. The van der Waals surface area contributed by atoms with Gasteiger partial charge in [-0.1, -0.05) is 27.7 Å². The lowest BCUT2D eigenvalue weighted by Crippen LogP contribution is -2.29. The van der Waals surface area contributed by atoms with E-state index in [9.17, 15) is 19.2 Å². The lowest BCUT2D eigenvalue weighted by molar-refractivity contribution is -0.149. The Hall–Kier alpha value is -2.12. The van der Waals surface area contributed by atoms with Crippen LogP contribution in [0, 0.1) is 23.7 Å². The van der Waals surface area contributed by atoms with Crippen molar-refractivity contribution >= 4 is 23.8 Å². The summed E-state index contributed by atoms with van der Waals surface area (Å²) in [5.41, 5.74) is 0. The molecule has 0 aliphatic rings. The maximum absolute atomic E-state index is 11.2. The summed E-state index contributed by atoms with van der Waals surface area (Å²) in [6, 6.07) is 0. The van der Waals surface area contributed by atoms with Gasteiger partial charge in [-0.25, -0.2) is 0 Å². The monoisotopic (exact) mass is 360 g/mol. The predicted octanol–water partition coefficient (Wildman–Crippen LogP) is 1.05. The van der Waals surface area contributed by atoms with Crippen molar-refractivity contribution in [3.8, 4) is 0 Å². The molecule has 0 aromatic carbocycles. The van der Waals surface area contributed by atoms with Crippen LogP contribution in [0.2, 0.25) is 0 Å². The first kappa shape index (κ1) is 25.1. The maximum Gasteiger partial charge on any atom is 0.309 e. The Bertz CT molecular complexity index is 448. The molecule has 0 aliphatic heterocycles. The number of amides is 2. The average Bonchev–Trinajstić information content (AvgIpc) is 2.55. The Balaban J connectivity index is 0. The molecule has 0 fully saturated rings. The third kappa shape index (κ3) is 11.1. The molecule has 0 radical (unpaired) electrons. The standard InChI is InChI=1S/C9H17NO3.C8H15NO3/c1-6(2)7(9(12)13-4)5-8(11)10-3;1-5(2)6(8(11)12)4-7(10)9-3/h6-7H,5H2,1-4H3,(H,10,11);5-6H,4H2,1-3H3,(H,9,10)(H,11,12)/t7-;6-/m00/s1. The first-order chi connectivity index (χ1) is 11.5. The van der Waals surface area contributed by atoms with Gasteiger partial charge in [0.2, 0.25) is 11.8 Å². The molecular weight excluding hydrogens is 328 g/mol. The van der Waals surface area contributed by atoms with E-state index >= 15 is 0 Å². The normalized spacial score (nSPS) is 12.5. The van der Waals surface area contributed by atoms with E-state index in [1.54, 1.807) is 20.9 Å². The van der Waals surface area contributed by atoms with Gasteiger partial charge < -0.3 is 20.5 Å². The molecule has 2 atom stereocenters. The van der Waals surface area contributed by atoms with Crippen LogP contribution in [0.1, 0.15) is 40.5 Å². The van der Waals surface area contributed by atoms with Crippen molar-refractivity contribution in [2.24, 2.45) is 23.7 Å². The molecule has 146 valence electrons. The van der Waals surface area contributed by atoms with Crippen LogP contribution in [-0.2, 0) is 23.9 Å². The van der Waals surface area contributed by atoms with Gasteiger partial charge in [-0.05, 0) is 11.8 Å². The largest absolute Gasteiger partial charge is 0.481 e. The van der Waals surface area contributed by atoms with Crippen LogP contribution in [0.4, 0.5) is 0 Å². The molecule has 0 saturated carbocycles. The highest BCUT2D eigenvalue weighted by Gasteiger charge is 2.25. The van der Waals surface area contributed by atoms with Crippen molar-refractivity contribution in [3.63, 3.8) is 0 Å². The smallest absolute Gasteiger partial charge is 0.309 e. The molecule has 3 N–H and O–H groups in total. The number of rotatable bonds is 8. The quantitative estimate of drug-likeness (QED) is 0.556. The summed E-state index contributed by atoms with van der Waals surface area (Å²) in [7, 11) is 4.39. The number of carbonyl (C=O) groups excluding carboxylic acids is 3. The van der Waals surface area contributed by atoms with Crippen LogP contribution >= 0.6 is 0 Å². The number of hydrogen-bond acceptors (Lipinski definition) is 5. The van der Waals surface area contributed by atoms with Gasteiger partial charge >= 0.3 is 11.9 Å². The number of carboxylic acid groups (broad SMARTS) is 1. The van der Waals surface area contributed by atoms with Crippen molar-refractivity contribution in [1.82, 2.24) is 10.6 Å². The molecule has 2 amide bonds. The number of hydrogen-bond donors (Lipinski definition) is 3. The van der Waals surface area contributed by atoms with Gasteiger partial charge in [0.15, 0.2) is 0 Å². The summed E-state index contributed by atoms with van der Waals surface area (Å²) in [4.78, 5) is 43.7. The number of nitrogens with one attached hydrogen (secondary N) is 2. The minimum atomic E-state index is -0.909. The maximum atomic E-state index is 11.2. The summed E-state index contributed by atoms with van der Waals surface area (Å²) < 4.78 is 4.60. The minimum absolute atomic E-state index is 0.0141. The van der Waals surface area contributed by atoms with Crippen molar-refractivity contribution < 1.29 is 29.0 Å². The van der Waals surface area contributed by atoms with Crippen LogP contribution in [0.15, 0.2) is 0 Å². The summed E-state index contributed by atoms with van der Waals surface area (Å²) in [6.45, 7) is 7.37. The van der Waals surface area contributed by atoms with Crippen molar-refractivity contribution in [2.75, 3.05) is 21.2 Å². The topological polar surface area (TPSA) is 122 Å². The zero-order chi connectivity index (χ0) is 20.2. The second-order valence-electron chi connectivity index (χ2n) is 6.32. The summed E-state index contributed by atoms with van der Waals surface area (Å²) >= 11 is 0. The molecular formula is C17H32N2O6. The van der Waals surface area contributed by atoms with E-state index in [1.807, 2.05) is 13.8 Å². The number of aliphatic carboxylic acids is 1. The second-order valence-corrected chi connectivity index (χ2v) is 6.32. The number of ether oxygens (including phenoxy) is 1. The number of carbonyl (C=O) groups is 4. The summed E-state index contributed by atoms with van der Waals surface area (Å²) in [5, 5.41) is 13.6. The minimum Gasteiger partial charge on any atom is -0.481 e. The van der Waals surface area contributed by atoms with Crippen LogP contribution in [-0.4, -0.2) is 50.1 Å². The van der Waals surface area contributed by atoms with Gasteiger partial charge in [-0.3, -0.25) is 19.2 Å². The van der Waals surface area contributed by atoms with Crippen molar-refractivity contribution in [3.05, 3.63) is 0 Å². The van der Waals surface area contributed by atoms with Crippen molar-refractivity contribution in [2.45, 2.75) is 40.5 Å². The number of methoxy groups -OCH3 is 1. The average molecular weight is 360 g/mol. The van der Waals surface area contributed by atoms with E-state index in [2.05, 4.69) is 15.4 Å². The fourth-order valence-corrected chi connectivity index (χ4v) is 1.95. The molecule has 0 spiro atoms. The molecule has 0 heterocycles. The van der Waals surface area contributed by atoms with E-state index in [1.165, 1.54) is 14.2 Å². The van der Waals surface area contributed by atoms with E-state index in [4.69, 9.17) is 5.11 Å². The van der Waals surface area contributed by atoms with Crippen LogP contribution < -0.4 is 10.6 Å². The van der Waals surface area contributed by atoms with E-state index in [-0.39, 0.29) is 48.4 Å². The fraction of sp³-hybridized carbons (Fsp3) is 0.765. The zero-order valence-corrected chi connectivity index (χ0v) is 16.2.